The number of hydrogen-bond donors (Lipinski definition) is 1. The van der Waals surface area contributed by atoms with E-state index in [1.807, 2.05) is 18.2 Å². The van der Waals surface area contributed by atoms with Gasteiger partial charge in [-0.15, -0.1) is 0 Å². The summed E-state index contributed by atoms with van der Waals surface area (Å²) >= 11 is 0. The number of carbonyl (C=O) groups is 1. The molecule has 0 saturated heterocycles. The molecule has 0 unspecified atom stereocenters. The average molecular weight is 407 g/mol. The van der Waals surface area contributed by atoms with Crippen LogP contribution in [0.4, 0.5) is 0 Å². The minimum Gasteiger partial charge on any atom is -0.351 e. The summed E-state index contributed by atoms with van der Waals surface area (Å²) in [5.74, 6) is -0.107. The van der Waals surface area contributed by atoms with E-state index in [9.17, 15) is 4.79 Å². The molecule has 0 bridgehead atoms. The van der Waals surface area contributed by atoms with Gasteiger partial charge < -0.3 is 5.32 Å². The molecule has 1 amide bonds. The molecule has 3 heteroatoms. The van der Waals surface area contributed by atoms with Crippen molar-refractivity contribution < 1.29 is 4.79 Å². The molecule has 0 fully saturated rings. The number of hydrogen-bond acceptors (Lipinski definition) is 2. The summed E-state index contributed by atoms with van der Waals surface area (Å²) in [6.45, 7) is 0.502. The summed E-state index contributed by atoms with van der Waals surface area (Å²) in [4.78, 5) is 17.0. The Bertz CT molecular complexity index is 1040. The molecular formula is C28H26N2O. The average Bonchev–Trinajstić information content (AvgIpc) is 2.86. The maximum Gasteiger partial charge on any atom is 0.252 e. The fourth-order valence-electron chi connectivity index (χ4n) is 4.09. The zero-order valence-electron chi connectivity index (χ0n) is 17.4. The first-order chi connectivity index (χ1) is 15.3. The Hall–Kier alpha value is -3.72. The monoisotopic (exact) mass is 406 g/mol. The van der Waals surface area contributed by atoms with Crippen LogP contribution in [0.2, 0.25) is 0 Å². The second-order valence-electron chi connectivity index (χ2n) is 7.72. The maximum absolute atomic E-state index is 12.9. The van der Waals surface area contributed by atoms with E-state index in [4.69, 9.17) is 0 Å². The Labute approximate surface area is 183 Å². The van der Waals surface area contributed by atoms with Crippen LogP contribution in [0.5, 0.6) is 0 Å². The summed E-state index contributed by atoms with van der Waals surface area (Å²) in [7, 11) is 0. The second-order valence-corrected chi connectivity index (χ2v) is 7.72. The molecule has 154 valence electrons. The summed E-state index contributed by atoms with van der Waals surface area (Å²) in [5.41, 5.74) is 3.90. The molecule has 1 N–H and O–H groups in total. The highest BCUT2D eigenvalue weighted by molar-refractivity contribution is 5.93. The predicted molar refractivity (Wildman–Crippen MR) is 125 cm³/mol. The van der Waals surface area contributed by atoms with Crippen LogP contribution in [0, 0.1) is 0 Å². The lowest BCUT2D eigenvalue weighted by atomic mass is 9.70. The fraction of sp³-hybridized carbons (Fsp3) is 0.143. The number of aryl methyl sites for hydroxylation is 1. The largest absolute Gasteiger partial charge is 0.351 e. The number of benzene rings is 3. The van der Waals surface area contributed by atoms with Gasteiger partial charge in [0, 0.05) is 24.4 Å². The highest BCUT2D eigenvalue weighted by Crippen LogP contribution is 2.36. The van der Waals surface area contributed by atoms with E-state index in [-0.39, 0.29) is 11.3 Å². The molecule has 1 heterocycles. The van der Waals surface area contributed by atoms with Crippen LogP contribution in [-0.4, -0.2) is 17.4 Å². The molecule has 0 saturated carbocycles. The fourth-order valence-corrected chi connectivity index (χ4v) is 4.09. The van der Waals surface area contributed by atoms with Crippen LogP contribution in [-0.2, 0) is 11.8 Å². The minimum absolute atomic E-state index is 0.107. The highest BCUT2D eigenvalue weighted by Gasteiger charge is 2.34. The third-order valence-corrected chi connectivity index (χ3v) is 5.81. The zero-order chi connectivity index (χ0) is 21.4. The van der Waals surface area contributed by atoms with Gasteiger partial charge in [0.2, 0.25) is 0 Å². The van der Waals surface area contributed by atoms with E-state index >= 15 is 0 Å². The van der Waals surface area contributed by atoms with Crippen molar-refractivity contribution in [3.63, 3.8) is 0 Å². The van der Waals surface area contributed by atoms with Gasteiger partial charge in [-0.2, -0.15) is 0 Å². The quantitative estimate of drug-likeness (QED) is 0.424. The summed E-state index contributed by atoms with van der Waals surface area (Å²) < 4.78 is 0. The Kier molecular flexibility index (Phi) is 6.53. The van der Waals surface area contributed by atoms with Gasteiger partial charge in [0.15, 0.2) is 0 Å². The second kappa shape index (κ2) is 9.86. The maximum atomic E-state index is 12.9. The first-order valence-electron chi connectivity index (χ1n) is 10.6. The number of carbonyl (C=O) groups excluding carboxylic acids is 1. The summed E-state index contributed by atoms with van der Waals surface area (Å²) in [5, 5.41) is 3.19. The van der Waals surface area contributed by atoms with Crippen molar-refractivity contribution in [3.8, 4) is 0 Å². The number of nitrogens with one attached hydrogen (secondary N) is 1. The summed E-state index contributed by atoms with van der Waals surface area (Å²) in [6, 6.07) is 35.1. The molecule has 0 radical (unpaired) electrons. The summed E-state index contributed by atoms with van der Waals surface area (Å²) in [6.07, 6.45) is 5.06. The van der Waals surface area contributed by atoms with Crippen molar-refractivity contribution in [1.82, 2.24) is 10.3 Å². The molecule has 31 heavy (non-hydrogen) atoms. The van der Waals surface area contributed by atoms with Gasteiger partial charge in [-0.05, 0) is 41.7 Å². The standard InChI is InChI=1S/C28H26N2O/c31-27(24-13-10-20-29-21-24)30-22-28(25-14-6-2-7-15-25,26-16-8-3-9-17-26)19-18-23-11-4-1-5-12-23/h1-17,20-21H,18-19,22H2,(H,30,31). The van der Waals surface area contributed by atoms with E-state index < -0.39 is 0 Å². The van der Waals surface area contributed by atoms with Crippen molar-refractivity contribution in [1.29, 1.82) is 0 Å². The Morgan fingerprint density at radius 1 is 0.742 bits per heavy atom. The molecule has 0 aliphatic heterocycles. The predicted octanol–water partition coefficient (Wildman–Crippen LogP) is 5.43. The van der Waals surface area contributed by atoms with Crippen LogP contribution in [0.25, 0.3) is 0 Å². The normalized spacial score (nSPS) is 11.1. The van der Waals surface area contributed by atoms with Crippen LogP contribution in [0.15, 0.2) is 116 Å². The Balaban J connectivity index is 1.70. The SMILES string of the molecule is O=C(NCC(CCc1ccccc1)(c1ccccc1)c1ccccc1)c1cccnc1. The van der Waals surface area contributed by atoms with Gasteiger partial charge in [0.05, 0.1) is 5.56 Å². The molecule has 0 aliphatic rings. The Morgan fingerprint density at radius 2 is 1.32 bits per heavy atom. The van der Waals surface area contributed by atoms with Crippen LogP contribution < -0.4 is 5.32 Å². The molecule has 4 aromatic rings. The van der Waals surface area contributed by atoms with Gasteiger partial charge in [-0.3, -0.25) is 9.78 Å². The molecule has 0 atom stereocenters. The van der Waals surface area contributed by atoms with Crippen LogP contribution in [0.1, 0.15) is 33.5 Å². The lowest BCUT2D eigenvalue weighted by Crippen LogP contribution is -2.42. The Morgan fingerprint density at radius 3 is 1.87 bits per heavy atom. The van der Waals surface area contributed by atoms with Gasteiger partial charge in [0.25, 0.3) is 5.91 Å². The smallest absolute Gasteiger partial charge is 0.252 e. The van der Waals surface area contributed by atoms with E-state index in [1.54, 1.807) is 24.5 Å². The van der Waals surface area contributed by atoms with Crippen molar-refractivity contribution in [2.45, 2.75) is 18.3 Å². The molecular weight excluding hydrogens is 380 g/mol. The third kappa shape index (κ3) is 4.89. The van der Waals surface area contributed by atoms with E-state index in [2.05, 4.69) is 83.1 Å². The molecule has 4 rings (SSSR count). The topological polar surface area (TPSA) is 42.0 Å². The van der Waals surface area contributed by atoms with Crippen LogP contribution in [0.3, 0.4) is 0 Å². The van der Waals surface area contributed by atoms with Crippen molar-refractivity contribution in [3.05, 3.63) is 138 Å². The number of nitrogens with zero attached hydrogens (tertiary/aromatic N) is 1. The number of rotatable bonds is 8. The van der Waals surface area contributed by atoms with Gasteiger partial charge in [0.1, 0.15) is 0 Å². The van der Waals surface area contributed by atoms with Crippen molar-refractivity contribution in [2.24, 2.45) is 0 Å². The van der Waals surface area contributed by atoms with Gasteiger partial charge in [-0.25, -0.2) is 0 Å². The lowest BCUT2D eigenvalue weighted by molar-refractivity contribution is 0.0945. The lowest BCUT2D eigenvalue weighted by Gasteiger charge is -2.36. The van der Waals surface area contributed by atoms with E-state index in [0.29, 0.717) is 12.1 Å². The van der Waals surface area contributed by atoms with E-state index in [1.165, 1.54) is 16.7 Å². The third-order valence-electron chi connectivity index (χ3n) is 5.81. The first kappa shape index (κ1) is 20.5. The van der Waals surface area contributed by atoms with E-state index in [0.717, 1.165) is 12.8 Å². The molecule has 3 aromatic carbocycles. The molecule has 3 nitrogen and oxygen atoms in total. The van der Waals surface area contributed by atoms with Crippen molar-refractivity contribution >= 4 is 5.91 Å². The number of pyridine rings is 1. The zero-order valence-corrected chi connectivity index (χ0v) is 17.4. The van der Waals surface area contributed by atoms with Crippen LogP contribution >= 0.6 is 0 Å². The number of amides is 1. The molecule has 0 spiro atoms. The van der Waals surface area contributed by atoms with Crippen molar-refractivity contribution in [2.75, 3.05) is 6.54 Å². The van der Waals surface area contributed by atoms with Gasteiger partial charge in [-0.1, -0.05) is 91.0 Å². The highest BCUT2D eigenvalue weighted by atomic mass is 16.1. The minimum atomic E-state index is -0.351. The molecule has 1 aromatic heterocycles. The number of aromatic nitrogens is 1. The first-order valence-corrected chi connectivity index (χ1v) is 10.6. The van der Waals surface area contributed by atoms with Gasteiger partial charge >= 0.3 is 0 Å². The molecule has 0 aliphatic carbocycles.